The smallest absolute Gasteiger partial charge is 0.174 e. The summed E-state index contributed by atoms with van der Waals surface area (Å²) in [5, 5.41) is 0. The van der Waals surface area contributed by atoms with Gasteiger partial charge < -0.3 is 4.43 Å². The minimum absolute atomic E-state index is 0.0476. The molecular formula is C17H22OSi. The molecule has 0 aliphatic rings. The Morgan fingerprint density at radius 2 is 1.21 bits per heavy atom. The van der Waals surface area contributed by atoms with Gasteiger partial charge in [-0.1, -0.05) is 60.7 Å². The molecule has 0 unspecified atom stereocenters. The summed E-state index contributed by atoms with van der Waals surface area (Å²) < 4.78 is 6.14. The fourth-order valence-corrected chi connectivity index (χ4v) is 3.68. The normalized spacial score (nSPS) is 12.4. The quantitative estimate of drug-likeness (QED) is 0.770. The fourth-order valence-electron chi connectivity index (χ4n) is 2.09. The first kappa shape index (κ1) is 14.0. The SMILES string of the molecule is CC(C)(C)O[SiH2]C(c1ccccc1)c1ccccc1. The summed E-state index contributed by atoms with van der Waals surface area (Å²) in [6, 6.07) is 21.4. The Morgan fingerprint density at radius 1 is 0.789 bits per heavy atom. The van der Waals surface area contributed by atoms with Crippen molar-refractivity contribution in [2.75, 3.05) is 0 Å². The molecule has 0 saturated heterocycles. The lowest BCUT2D eigenvalue weighted by molar-refractivity contribution is 0.136. The second-order valence-corrected chi connectivity index (χ2v) is 7.24. The van der Waals surface area contributed by atoms with E-state index in [9.17, 15) is 0 Å². The summed E-state index contributed by atoms with van der Waals surface area (Å²) in [6.07, 6.45) is 0. The van der Waals surface area contributed by atoms with E-state index in [-0.39, 0.29) is 5.60 Å². The zero-order chi connectivity index (χ0) is 13.7. The van der Waals surface area contributed by atoms with Crippen molar-refractivity contribution in [2.24, 2.45) is 0 Å². The third kappa shape index (κ3) is 4.34. The van der Waals surface area contributed by atoms with Crippen molar-refractivity contribution in [3.63, 3.8) is 0 Å². The van der Waals surface area contributed by atoms with E-state index < -0.39 is 9.76 Å². The lowest BCUT2D eigenvalue weighted by atomic mass is 10.0. The second kappa shape index (κ2) is 6.18. The Balaban J connectivity index is 2.24. The first-order chi connectivity index (χ1) is 9.06. The highest BCUT2D eigenvalue weighted by Gasteiger charge is 2.19. The highest BCUT2D eigenvalue weighted by molar-refractivity contribution is 6.31. The molecule has 1 nitrogen and oxygen atoms in total. The average Bonchev–Trinajstić information content (AvgIpc) is 2.40. The molecule has 0 N–H and O–H groups in total. The number of rotatable bonds is 4. The summed E-state index contributed by atoms with van der Waals surface area (Å²) in [6.45, 7) is 6.40. The fraction of sp³-hybridized carbons (Fsp3) is 0.294. The van der Waals surface area contributed by atoms with Crippen LogP contribution in [0.4, 0.5) is 0 Å². The van der Waals surface area contributed by atoms with Crippen LogP contribution in [0.1, 0.15) is 37.4 Å². The first-order valence-electron chi connectivity index (χ1n) is 6.80. The van der Waals surface area contributed by atoms with Crippen LogP contribution in [0.15, 0.2) is 60.7 Å². The number of benzene rings is 2. The van der Waals surface area contributed by atoms with Crippen LogP contribution in [0.25, 0.3) is 0 Å². The van der Waals surface area contributed by atoms with E-state index in [1.807, 2.05) is 0 Å². The van der Waals surface area contributed by atoms with E-state index in [1.165, 1.54) is 11.1 Å². The highest BCUT2D eigenvalue weighted by Crippen LogP contribution is 2.24. The van der Waals surface area contributed by atoms with Gasteiger partial charge in [-0.05, 0) is 31.9 Å². The Morgan fingerprint density at radius 3 is 1.58 bits per heavy atom. The molecule has 0 heterocycles. The lowest BCUT2D eigenvalue weighted by Gasteiger charge is -2.25. The molecular weight excluding hydrogens is 248 g/mol. The van der Waals surface area contributed by atoms with Crippen molar-refractivity contribution in [1.29, 1.82) is 0 Å². The molecule has 2 rings (SSSR count). The second-order valence-electron chi connectivity index (χ2n) is 5.80. The van der Waals surface area contributed by atoms with E-state index in [0.29, 0.717) is 5.54 Å². The minimum Gasteiger partial charge on any atom is -0.418 e. The van der Waals surface area contributed by atoms with Crippen molar-refractivity contribution in [2.45, 2.75) is 31.9 Å². The van der Waals surface area contributed by atoms with Crippen LogP contribution in [0.3, 0.4) is 0 Å². The third-order valence-electron chi connectivity index (χ3n) is 3.09. The zero-order valence-electron chi connectivity index (χ0n) is 12.0. The van der Waals surface area contributed by atoms with E-state index in [1.54, 1.807) is 0 Å². The molecule has 0 aliphatic carbocycles. The standard InChI is InChI=1S/C17H22OSi/c1-17(2,3)18-19-16(14-10-6-4-7-11-14)15-12-8-5-9-13-15/h4-13,16H,19H2,1-3H3. The van der Waals surface area contributed by atoms with Gasteiger partial charge in [0.1, 0.15) is 0 Å². The van der Waals surface area contributed by atoms with Gasteiger partial charge in [0.05, 0.1) is 0 Å². The van der Waals surface area contributed by atoms with Crippen LogP contribution in [0.2, 0.25) is 0 Å². The monoisotopic (exact) mass is 270 g/mol. The van der Waals surface area contributed by atoms with Gasteiger partial charge in [-0.3, -0.25) is 0 Å². The van der Waals surface area contributed by atoms with Gasteiger partial charge in [0, 0.05) is 11.1 Å². The van der Waals surface area contributed by atoms with Crippen molar-refractivity contribution < 1.29 is 4.43 Å². The minimum atomic E-state index is -0.675. The summed E-state index contributed by atoms with van der Waals surface area (Å²) >= 11 is 0. The van der Waals surface area contributed by atoms with E-state index in [4.69, 9.17) is 4.43 Å². The molecule has 19 heavy (non-hydrogen) atoms. The summed E-state index contributed by atoms with van der Waals surface area (Å²) in [4.78, 5) is 0. The number of hydrogen-bond donors (Lipinski definition) is 0. The highest BCUT2D eigenvalue weighted by atomic mass is 28.2. The maximum atomic E-state index is 6.14. The summed E-state index contributed by atoms with van der Waals surface area (Å²) in [5.74, 6) is 0. The first-order valence-corrected chi connectivity index (χ1v) is 8.19. The van der Waals surface area contributed by atoms with E-state index in [0.717, 1.165) is 0 Å². The van der Waals surface area contributed by atoms with Crippen LogP contribution in [-0.4, -0.2) is 15.4 Å². The van der Waals surface area contributed by atoms with Gasteiger partial charge in [0.25, 0.3) is 0 Å². The molecule has 0 saturated carbocycles. The Labute approximate surface area is 118 Å². The topological polar surface area (TPSA) is 9.23 Å². The van der Waals surface area contributed by atoms with Gasteiger partial charge in [-0.15, -0.1) is 0 Å². The molecule has 0 aromatic heterocycles. The molecule has 2 aromatic rings. The van der Waals surface area contributed by atoms with Crippen molar-refractivity contribution in [1.82, 2.24) is 0 Å². The zero-order valence-corrected chi connectivity index (χ0v) is 13.4. The molecule has 2 heteroatoms. The van der Waals surface area contributed by atoms with Crippen molar-refractivity contribution >= 4 is 9.76 Å². The van der Waals surface area contributed by atoms with Crippen LogP contribution in [0, 0.1) is 0 Å². The molecule has 100 valence electrons. The van der Waals surface area contributed by atoms with Crippen LogP contribution < -0.4 is 0 Å². The molecule has 0 fully saturated rings. The maximum Gasteiger partial charge on any atom is 0.174 e. The van der Waals surface area contributed by atoms with Gasteiger partial charge >= 0.3 is 0 Å². The van der Waals surface area contributed by atoms with Gasteiger partial charge in [0.2, 0.25) is 0 Å². The van der Waals surface area contributed by atoms with Gasteiger partial charge in [0.15, 0.2) is 9.76 Å². The maximum absolute atomic E-state index is 6.14. The summed E-state index contributed by atoms with van der Waals surface area (Å²) in [5.41, 5.74) is 3.12. The van der Waals surface area contributed by atoms with Crippen LogP contribution in [-0.2, 0) is 4.43 Å². The molecule has 2 aromatic carbocycles. The van der Waals surface area contributed by atoms with Crippen LogP contribution in [0.5, 0.6) is 0 Å². The summed E-state index contributed by atoms with van der Waals surface area (Å²) in [7, 11) is -0.675. The van der Waals surface area contributed by atoms with Gasteiger partial charge in [-0.2, -0.15) is 0 Å². The third-order valence-corrected chi connectivity index (χ3v) is 5.40. The lowest BCUT2D eigenvalue weighted by Crippen LogP contribution is -2.26. The van der Waals surface area contributed by atoms with E-state index in [2.05, 4.69) is 81.4 Å². The molecule has 0 aliphatic heterocycles. The Hall–Kier alpha value is -1.38. The van der Waals surface area contributed by atoms with Gasteiger partial charge in [-0.25, -0.2) is 0 Å². The van der Waals surface area contributed by atoms with E-state index >= 15 is 0 Å². The molecule has 0 spiro atoms. The molecule has 0 amide bonds. The van der Waals surface area contributed by atoms with Crippen molar-refractivity contribution in [3.05, 3.63) is 71.8 Å². The predicted octanol–water partition coefficient (Wildman–Crippen LogP) is 3.67. The Bertz CT molecular complexity index is 448. The number of hydrogen-bond acceptors (Lipinski definition) is 1. The molecule has 0 radical (unpaired) electrons. The van der Waals surface area contributed by atoms with Crippen LogP contribution >= 0.6 is 0 Å². The largest absolute Gasteiger partial charge is 0.418 e. The Kier molecular flexibility index (Phi) is 4.56. The average molecular weight is 270 g/mol. The van der Waals surface area contributed by atoms with Crippen molar-refractivity contribution in [3.8, 4) is 0 Å². The molecule has 0 bridgehead atoms. The molecule has 0 atom stereocenters. The predicted molar refractivity (Wildman–Crippen MR) is 84.1 cm³/mol.